The van der Waals surface area contributed by atoms with Gasteiger partial charge < -0.3 is 10.4 Å². The lowest BCUT2D eigenvalue weighted by molar-refractivity contribution is -0.126. The third kappa shape index (κ3) is 3.81. The predicted molar refractivity (Wildman–Crippen MR) is 68.9 cm³/mol. The van der Waals surface area contributed by atoms with Crippen molar-refractivity contribution in [3.8, 4) is 0 Å². The van der Waals surface area contributed by atoms with Gasteiger partial charge in [-0.1, -0.05) is 6.07 Å². The van der Waals surface area contributed by atoms with Crippen LogP contribution in [0.4, 0.5) is 0 Å². The topological polar surface area (TPSA) is 62.2 Å². The van der Waals surface area contributed by atoms with Crippen LogP contribution in [-0.2, 0) is 11.2 Å². The Morgan fingerprint density at radius 3 is 2.83 bits per heavy atom. The molecule has 4 nitrogen and oxygen atoms in total. The number of aromatic nitrogens is 1. The van der Waals surface area contributed by atoms with Crippen LogP contribution in [0.2, 0.25) is 0 Å². The molecule has 98 valence electrons. The molecule has 2 N–H and O–H groups in total. The Bertz CT molecular complexity index is 373. The van der Waals surface area contributed by atoms with Crippen molar-refractivity contribution in [2.45, 2.75) is 38.2 Å². The number of rotatable bonds is 4. The zero-order valence-electron chi connectivity index (χ0n) is 10.5. The lowest BCUT2D eigenvalue weighted by atomic mass is 9.87. The standard InChI is InChI=1S/C14H20N2O2/c17-13-5-3-12(4-6-13)14(18)16-9-7-11-2-1-8-15-10-11/h1-2,8,10,12-13,17H,3-7,9H2,(H,16,18). The molecule has 1 heterocycles. The van der Waals surface area contributed by atoms with Gasteiger partial charge in [-0.25, -0.2) is 0 Å². The van der Waals surface area contributed by atoms with Gasteiger partial charge in [0.1, 0.15) is 0 Å². The molecule has 0 spiro atoms. The summed E-state index contributed by atoms with van der Waals surface area (Å²) in [7, 11) is 0. The quantitative estimate of drug-likeness (QED) is 0.844. The molecule has 1 aromatic rings. The summed E-state index contributed by atoms with van der Waals surface area (Å²) in [5, 5.41) is 12.4. The third-order valence-corrected chi connectivity index (χ3v) is 3.50. The van der Waals surface area contributed by atoms with Crippen molar-refractivity contribution in [3.05, 3.63) is 30.1 Å². The average molecular weight is 248 g/mol. The third-order valence-electron chi connectivity index (χ3n) is 3.50. The van der Waals surface area contributed by atoms with Gasteiger partial charge in [-0.3, -0.25) is 9.78 Å². The molecule has 2 rings (SSSR count). The summed E-state index contributed by atoms with van der Waals surface area (Å²) < 4.78 is 0. The predicted octanol–water partition coefficient (Wildman–Crippen LogP) is 1.29. The maximum absolute atomic E-state index is 11.9. The van der Waals surface area contributed by atoms with E-state index in [1.54, 1.807) is 6.20 Å². The number of pyridine rings is 1. The number of carbonyl (C=O) groups is 1. The average Bonchev–Trinajstić information content (AvgIpc) is 2.40. The van der Waals surface area contributed by atoms with Gasteiger partial charge in [-0.2, -0.15) is 0 Å². The van der Waals surface area contributed by atoms with E-state index >= 15 is 0 Å². The Hall–Kier alpha value is -1.42. The summed E-state index contributed by atoms with van der Waals surface area (Å²) in [5.41, 5.74) is 1.14. The highest BCUT2D eigenvalue weighted by atomic mass is 16.3. The molecule has 1 aliphatic rings. The van der Waals surface area contributed by atoms with Crippen LogP contribution in [0.15, 0.2) is 24.5 Å². The zero-order valence-corrected chi connectivity index (χ0v) is 10.5. The first-order chi connectivity index (χ1) is 8.75. The number of carbonyl (C=O) groups excluding carboxylic acids is 1. The van der Waals surface area contributed by atoms with Gasteiger partial charge in [0.15, 0.2) is 0 Å². The molecule has 4 heteroatoms. The molecular formula is C14H20N2O2. The summed E-state index contributed by atoms with van der Waals surface area (Å²) in [5.74, 6) is 0.216. The molecule has 0 bridgehead atoms. The van der Waals surface area contributed by atoms with Crippen LogP contribution in [-0.4, -0.2) is 28.6 Å². The minimum atomic E-state index is -0.204. The fourth-order valence-electron chi connectivity index (χ4n) is 2.36. The Morgan fingerprint density at radius 2 is 2.17 bits per heavy atom. The van der Waals surface area contributed by atoms with Gasteiger partial charge >= 0.3 is 0 Å². The fraction of sp³-hybridized carbons (Fsp3) is 0.571. The second-order valence-electron chi connectivity index (χ2n) is 4.91. The first kappa shape index (κ1) is 13.0. The van der Waals surface area contributed by atoms with Crippen molar-refractivity contribution >= 4 is 5.91 Å². The lowest BCUT2D eigenvalue weighted by Crippen LogP contribution is -2.35. The van der Waals surface area contributed by atoms with E-state index in [4.69, 9.17) is 0 Å². The maximum Gasteiger partial charge on any atom is 0.223 e. The van der Waals surface area contributed by atoms with Crippen LogP contribution in [0, 0.1) is 5.92 Å². The number of hydrogen-bond donors (Lipinski definition) is 2. The van der Waals surface area contributed by atoms with Crippen molar-refractivity contribution in [2.75, 3.05) is 6.54 Å². The molecule has 0 radical (unpaired) electrons. The van der Waals surface area contributed by atoms with Gasteiger partial charge in [0.2, 0.25) is 5.91 Å². The minimum absolute atomic E-state index is 0.0855. The van der Waals surface area contributed by atoms with E-state index in [9.17, 15) is 9.90 Å². The maximum atomic E-state index is 11.9. The molecule has 1 saturated carbocycles. The second kappa shape index (κ2) is 6.50. The van der Waals surface area contributed by atoms with Crippen molar-refractivity contribution < 1.29 is 9.90 Å². The highest BCUT2D eigenvalue weighted by molar-refractivity contribution is 5.78. The van der Waals surface area contributed by atoms with E-state index in [-0.39, 0.29) is 17.9 Å². The normalized spacial score (nSPS) is 23.6. The van der Waals surface area contributed by atoms with Crippen molar-refractivity contribution in [3.63, 3.8) is 0 Å². The number of nitrogens with one attached hydrogen (secondary N) is 1. The molecule has 1 aliphatic carbocycles. The monoisotopic (exact) mass is 248 g/mol. The molecule has 18 heavy (non-hydrogen) atoms. The highest BCUT2D eigenvalue weighted by Crippen LogP contribution is 2.24. The number of aliphatic hydroxyl groups is 1. The number of amides is 1. The molecule has 0 aromatic carbocycles. The Balaban J connectivity index is 1.69. The van der Waals surface area contributed by atoms with E-state index in [1.807, 2.05) is 18.3 Å². The Morgan fingerprint density at radius 1 is 1.39 bits per heavy atom. The largest absolute Gasteiger partial charge is 0.393 e. The van der Waals surface area contributed by atoms with Crippen LogP contribution in [0.5, 0.6) is 0 Å². The van der Waals surface area contributed by atoms with E-state index in [0.717, 1.165) is 37.7 Å². The van der Waals surface area contributed by atoms with Crippen LogP contribution >= 0.6 is 0 Å². The van der Waals surface area contributed by atoms with Gasteiger partial charge in [-0.05, 0) is 43.7 Å². The van der Waals surface area contributed by atoms with E-state index in [0.29, 0.717) is 6.54 Å². The first-order valence-corrected chi connectivity index (χ1v) is 6.60. The van der Waals surface area contributed by atoms with E-state index in [2.05, 4.69) is 10.3 Å². The van der Waals surface area contributed by atoms with Crippen molar-refractivity contribution in [2.24, 2.45) is 5.92 Å². The summed E-state index contributed by atoms with van der Waals surface area (Å²) >= 11 is 0. The second-order valence-corrected chi connectivity index (χ2v) is 4.91. The highest BCUT2D eigenvalue weighted by Gasteiger charge is 2.24. The molecule has 1 aromatic heterocycles. The summed E-state index contributed by atoms with van der Waals surface area (Å²) in [6.07, 6.45) is 7.29. The molecule has 1 fully saturated rings. The molecular weight excluding hydrogens is 228 g/mol. The molecule has 1 amide bonds. The first-order valence-electron chi connectivity index (χ1n) is 6.60. The Kier molecular flexibility index (Phi) is 4.70. The smallest absolute Gasteiger partial charge is 0.223 e. The van der Waals surface area contributed by atoms with Crippen LogP contribution in [0.3, 0.4) is 0 Å². The molecule has 0 atom stereocenters. The van der Waals surface area contributed by atoms with Crippen molar-refractivity contribution in [1.29, 1.82) is 0 Å². The van der Waals surface area contributed by atoms with Crippen LogP contribution in [0.1, 0.15) is 31.2 Å². The molecule has 0 unspecified atom stereocenters. The summed E-state index contributed by atoms with van der Waals surface area (Å²) in [6.45, 7) is 0.656. The van der Waals surface area contributed by atoms with Gasteiger partial charge in [-0.15, -0.1) is 0 Å². The summed E-state index contributed by atoms with van der Waals surface area (Å²) in [6, 6.07) is 3.91. The Labute approximate surface area is 107 Å². The van der Waals surface area contributed by atoms with E-state index in [1.165, 1.54) is 0 Å². The molecule has 0 aliphatic heterocycles. The SMILES string of the molecule is O=C(NCCc1cccnc1)C1CCC(O)CC1. The van der Waals surface area contributed by atoms with Gasteiger partial charge in [0.25, 0.3) is 0 Å². The lowest BCUT2D eigenvalue weighted by Gasteiger charge is -2.24. The summed E-state index contributed by atoms with van der Waals surface area (Å²) in [4.78, 5) is 15.9. The van der Waals surface area contributed by atoms with Gasteiger partial charge in [0, 0.05) is 24.9 Å². The van der Waals surface area contributed by atoms with E-state index < -0.39 is 0 Å². The number of aliphatic hydroxyl groups excluding tert-OH is 1. The van der Waals surface area contributed by atoms with Crippen molar-refractivity contribution in [1.82, 2.24) is 10.3 Å². The van der Waals surface area contributed by atoms with Crippen LogP contribution < -0.4 is 5.32 Å². The minimum Gasteiger partial charge on any atom is -0.393 e. The fourth-order valence-corrected chi connectivity index (χ4v) is 2.36. The zero-order chi connectivity index (χ0) is 12.8. The number of hydrogen-bond acceptors (Lipinski definition) is 3. The van der Waals surface area contributed by atoms with Gasteiger partial charge in [0.05, 0.1) is 6.10 Å². The van der Waals surface area contributed by atoms with Crippen LogP contribution in [0.25, 0.3) is 0 Å². The number of nitrogens with zero attached hydrogens (tertiary/aromatic N) is 1. The molecule has 0 saturated heterocycles.